The van der Waals surface area contributed by atoms with Crippen molar-refractivity contribution in [1.29, 1.82) is 0 Å². The maximum absolute atomic E-state index is 13.7. The normalized spacial score (nSPS) is 17.4. The first-order valence-corrected chi connectivity index (χ1v) is 6.71. The molecule has 2 rings (SSSR count). The second-order valence-corrected chi connectivity index (χ2v) is 4.85. The highest BCUT2D eigenvalue weighted by Crippen LogP contribution is 2.27. The predicted octanol–water partition coefficient (Wildman–Crippen LogP) is 2.56. The van der Waals surface area contributed by atoms with E-state index in [1.54, 1.807) is 0 Å². The van der Waals surface area contributed by atoms with E-state index in [1.165, 1.54) is 4.90 Å². The quantitative estimate of drug-likeness (QED) is 0.630. The van der Waals surface area contributed by atoms with Gasteiger partial charge in [-0.05, 0) is 25.9 Å². The highest BCUT2D eigenvalue weighted by molar-refractivity contribution is 5.48. The van der Waals surface area contributed by atoms with E-state index in [2.05, 4.69) is 16.8 Å². The van der Waals surface area contributed by atoms with E-state index in [4.69, 9.17) is 0 Å². The molecule has 3 nitrogen and oxygen atoms in total. The van der Waals surface area contributed by atoms with Crippen LogP contribution in [0.4, 0.5) is 23.2 Å². The van der Waals surface area contributed by atoms with Gasteiger partial charge >= 0.3 is 0 Å². The minimum absolute atomic E-state index is 0.330. The van der Waals surface area contributed by atoms with E-state index in [-0.39, 0.29) is 0 Å². The van der Waals surface area contributed by atoms with Crippen LogP contribution >= 0.6 is 0 Å². The first kappa shape index (κ1) is 15.0. The monoisotopic (exact) mass is 291 g/mol. The number of rotatable bonds is 3. The number of anilines is 1. The molecule has 20 heavy (non-hydrogen) atoms. The van der Waals surface area contributed by atoms with E-state index in [0.29, 0.717) is 26.1 Å². The fourth-order valence-corrected chi connectivity index (χ4v) is 2.49. The van der Waals surface area contributed by atoms with Gasteiger partial charge in [0.1, 0.15) is 5.69 Å². The Bertz CT molecular complexity index is 455. The lowest BCUT2D eigenvalue weighted by atomic mass is 10.3. The molecule has 0 amide bonds. The van der Waals surface area contributed by atoms with Crippen LogP contribution in [0.1, 0.15) is 19.8 Å². The summed E-state index contributed by atoms with van der Waals surface area (Å²) < 4.78 is 53.7. The van der Waals surface area contributed by atoms with Gasteiger partial charge in [-0.3, -0.25) is 0 Å². The summed E-state index contributed by atoms with van der Waals surface area (Å²) in [6, 6.07) is 0. The van der Waals surface area contributed by atoms with Gasteiger partial charge in [0.2, 0.25) is 11.6 Å². The van der Waals surface area contributed by atoms with Crippen molar-refractivity contribution >= 4 is 5.69 Å². The number of nitrogens with zero attached hydrogens (tertiary/aromatic N) is 3. The molecule has 112 valence electrons. The molecule has 1 aliphatic heterocycles. The van der Waals surface area contributed by atoms with Gasteiger partial charge in [0.15, 0.2) is 0 Å². The fraction of sp³-hybridized carbons (Fsp3) is 0.615. The smallest absolute Gasteiger partial charge is 0.253 e. The molecule has 0 radical (unpaired) electrons. The van der Waals surface area contributed by atoms with Crippen LogP contribution in [0.2, 0.25) is 0 Å². The van der Waals surface area contributed by atoms with Crippen LogP contribution in [0.5, 0.6) is 0 Å². The molecule has 0 N–H and O–H groups in total. The zero-order valence-corrected chi connectivity index (χ0v) is 11.3. The van der Waals surface area contributed by atoms with Gasteiger partial charge in [-0.15, -0.1) is 0 Å². The van der Waals surface area contributed by atoms with Crippen LogP contribution in [0.25, 0.3) is 0 Å². The highest BCUT2D eigenvalue weighted by atomic mass is 19.2. The van der Waals surface area contributed by atoms with Gasteiger partial charge in [-0.1, -0.05) is 6.92 Å². The number of halogens is 4. The molecule has 1 aromatic heterocycles. The second-order valence-electron chi connectivity index (χ2n) is 4.85. The van der Waals surface area contributed by atoms with E-state index < -0.39 is 29.2 Å². The number of pyridine rings is 1. The van der Waals surface area contributed by atoms with Crippen molar-refractivity contribution in [2.45, 2.75) is 19.8 Å². The average molecular weight is 291 g/mol. The number of hydrogen-bond acceptors (Lipinski definition) is 3. The average Bonchev–Trinajstić information content (AvgIpc) is 2.64. The molecule has 1 aliphatic rings. The molecule has 0 aromatic carbocycles. The standard InChI is InChI=1S/C13H17F4N3/c1-2-4-19-5-3-6-20(8-7-19)11-9(14)12(16)18-13(17)10(11)15/h2-8H2,1H3. The Morgan fingerprint density at radius 2 is 1.60 bits per heavy atom. The second kappa shape index (κ2) is 6.39. The van der Waals surface area contributed by atoms with Gasteiger partial charge in [-0.25, -0.2) is 0 Å². The third-order valence-corrected chi connectivity index (χ3v) is 3.42. The topological polar surface area (TPSA) is 19.4 Å². The van der Waals surface area contributed by atoms with Crippen molar-refractivity contribution in [2.24, 2.45) is 0 Å². The van der Waals surface area contributed by atoms with Crippen molar-refractivity contribution in [3.63, 3.8) is 0 Å². The Balaban J connectivity index is 2.24. The third kappa shape index (κ3) is 3.03. The van der Waals surface area contributed by atoms with Gasteiger partial charge in [0.25, 0.3) is 11.9 Å². The van der Waals surface area contributed by atoms with Gasteiger partial charge < -0.3 is 9.80 Å². The molecule has 1 aromatic rings. The van der Waals surface area contributed by atoms with Crippen LogP contribution in [-0.2, 0) is 0 Å². The lowest BCUT2D eigenvalue weighted by molar-refractivity contribution is 0.294. The molecule has 0 saturated carbocycles. The molecule has 0 bridgehead atoms. The SMILES string of the molecule is CCCN1CCCN(c2c(F)c(F)nc(F)c2F)CC1. The van der Waals surface area contributed by atoms with Crippen LogP contribution in [0.15, 0.2) is 0 Å². The van der Waals surface area contributed by atoms with Gasteiger partial charge in [0.05, 0.1) is 0 Å². The Kier molecular flexibility index (Phi) is 4.80. The summed E-state index contributed by atoms with van der Waals surface area (Å²) >= 11 is 0. The largest absolute Gasteiger partial charge is 0.365 e. The first-order chi connectivity index (χ1) is 9.54. The van der Waals surface area contributed by atoms with Gasteiger partial charge in [0, 0.05) is 19.6 Å². The van der Waals surface area contributed by atoms with Crippen LogP contribution in [0.3, 0.4) is 0 Å². The van der Waals surface area contributed by atoms with Crippen molar-refractivity contribution in [2.75, 3.05) is 37.6 Å². The predicted molar refractivity (Wildman–Crippen MR) is 67.6 cm³/mol. The van der Waals surface area contributed by atoms with E-state index >= 15 is 0 Å². The zero-order chi connectivity index (χ0) is 14.7. The Hall–Kier alpha value is -1.37. The highest BCUT2D eigenvalue weighted by Gasteiger charge is 2.26. The van der Waals surface area contributed by atoms with Crippen LogP contribution < -0.4 is 4.90 Å². The molecular weight excluding hydrogens is 274 g/mol. The molecule has 1 fully saturated rings. The number of aromatic nitrogens is 1. The lowest BCUT2D eigenvalue weighted by Crippen LogP contribution is -2.32. The summed E-state index contributed by atoms with van der Waals surface area (Å²) in [6.45, 7) is 5.06. The summed E-state index contributed by atoms with van der Waals surface area (Å²) in [7, 11) is 0. The summed E-state index contributed by atoms with van der Waals surface area (Å²) in [5.41, 5.74) is -0.645. The van der Waals surface area contributed by atoms with Crippen LogP contribution in [0, 0.1) is 23.5 Å². The molecule has 0 unspecified atom stereocenters. The first-order valence-electron chi connectivity index (χ1n) is 6.71. The Morgan fingerprint density at radius 3 is 2.20 bits per heavy atom. The van der Waals surface area contributed by atoms with Crippen molar-refractivity contribution < 1.29 is 17.6 Å². The zero-order valence-electron chi connectivity index (χ0n) is 11.3. The minimum Gasteiger partial charge on any atom is -0.365 e. The van der Waals surface area contributed by atoms with Gasteiger partial charge in [-0.2, -0.15) is 22.5 Å². The van der Waals surface area contributed by atoms with E-state index in [9.17, 15) is 17.6 Å². The Labute approximate surface area is 115 Å². The fourth-order valence-electron chi connectivity index (χ4n) is 2.49. The summed E-state index contributed by atoms with van der Waals surface area (Å²) in [5, 5.41) is 0. The van der Waals surface area contributed by atoms with Crippen LogP contribution in [-0.4, -0.2) is 42.6 Å². The molecule has 7 heteroatoms. The molecule has 0 aliphatic carbocycles. The van der Waals surface area contributed by atoms with Crippen molar-refractivity contribution in [3.05, 3.63) is 23.5 Å². The lowest BCUT2D eigenvalue weighted by Gasteiger charge is -2.24. The van der Waals surface area contributed by atoms with Crippen molar-refractivity contribution in [3.8, 4) is 0 Å². The molecule has 1 saturated heterocycles. The minimum atomic E-state index is -1.60. The summed E-state index contributed by atoms with van der Waals surface area (Å²) in [6.07, 6.45) is 1.67. The van der Waals surface area contributed by atoms with Crippen molar-refractivity contribution in [1.82, 2.24) is 9.88 Å². The maximum atomic E-state index is 13.7. The summed E-state index contributed by atoms with van der Waals surface area (Å²) in [4.78, 5) is 6.10. The third-order valence-electron chi connectivity index (χ3n) is 3.42. The molecule has 0 spiro atoms. The molecular formula is C13H17F4N3. The van der Waals surface area contributed by atoms with E-state index in [1.807, 2.05) is 0 Å². The number of hydrogen-bond donors (Lipinski definition) is 0. The molecule has 2 heterocycles. The van der Waals surface area contributed by atoms with E-state index in [0.717, 1.165) is 19.5 Å². The maximum Gasteiger partial charge on any atom is 0.253 e. The summed E-state index contributed by atoms with van der Waals surface area (Å²) in [5.74, 6) is -6.05. The molecule has 0 atom stereocenters. The Morgan fingerprint density at radius 1 is 0.950 bits per heavy atom.